The average molecular weight is 229 g/mol. The molecule has 86 valence electrons. The number of rotatable bonds is 3. The van der Waals surface area contributed by atoms with Crippen molar-refractivity contribution in [3.05, 3.63) is 36.4 Å². The van der Waals surface area contributed by atoms with Gasteiger partial charge in [0.15, 0.2) is 5.82 Å². The number of nitrogens with one attached hydrogen (secondary N) is 1. The van der Waals surface area contributed by atoms with E-state index in [4.69, 9.17) is 4.52 Å². The molecule has 3 aromatic heterocycles. The van der Waals surface area contributed by atoms with Gasteiger partial charge in [0.25, 0.3) is 5.89 Å². The Morgan fingerprint density at radius 1 is 1.41 bits per heavy atom. The SMILES string of the molecule is CNCc1noc(-c2cnn3ccccc23)n1. The highest BCUT2D eigenvalue weighted by Crippen LogP contribution is 2.22. The predicted octanol–water partition coefficient (Wildman–Crippen LogP) is 1.10. The standard InChI is InChI=1S/C11H11N5O/c1-12-7-10-14-11(17-15-10)8-6-13-16-5-3-2-4-9(8)16/h2-6,12H,7H2,1H3. The lowest BCUT2D eigenvalue weighted by Crippen LogP contribution is -2.06. The van der Waals surface area contributed by atoms with E-state index in [1.54, 1.807) is 10.7 Å². The normalized spacial score (nSPS) is 11.1. The highest BCUT2D eigenvalue weighted by molar-refractivity contribution is 5.74. The van der Waals surface area contributed by atoms with Crippen molar-refractivity contribution in [2.75, 3.05) is 7.05 Å². The summed E-state index contributed by atoms with van der Waals surface area (Å²) in [5.41, 5.74) is 1.80. The van der Waals surface area contributed by atoms with Crippen molar-refractivity contribution in [1.29, 1.82) is 0 Å². The molecule has 6 heteroatoms. The molecule has 3 heterocycles. The molecule has 3 rings (SSSR count). The first-order chi connectivity index (χ1) is 8.38. The van der Waals surface area contributed by atoms with E-state index in [9.17, 15) is 0 Å². The van der Waals surface area contributed by atoms with E-state index in [1.807, 2.05) is 31.4 Å². The molecule has 0 fully saturated rings. The molecule has 0 aliphatic rings. The van der Waals surface area contributed by atoms with Gasteiger partial charge >= 0.3 is 0 Å². The second kappa shape index (κ2) is 3.99. The Bertz CT molecular complexity index is 642. The topological polar surface area (TPSA) is 68.2 Å². The van der Waals surface area contributed by atoms with Gasteiger partial charge in [0, 0.05) is 6.20 Å². The molecule has 0 aliphatic heterocycles. The smallest absolute Gasteiger partial charge is 0.261 e. The van der Waals surface area contributed by atoms with Crippen molar-refractivity contribution >= 4 is 5.52 Å². The molecular weight excluding hydrogens is 218 g/mol. The average Bonchev–Trinajstić information content (AvgIpc) is 2.95. The van der Waals surface area contributed by atoms with Gasteiger partial charge in [0.2, 0.25) is 0 Å². The van der Waals surface area contributed by atoms with Gasteiger partial charge in [0.05, 0.1) is 23.8 Å². The summed E-state index contributed by atoms with van der Waals surface area (Å²) in [5, 5.41) is 11.1. The van der Waals surface area contributed by atoms with Crippen LogP contribution in [-0.2, 0) is 6.54 Å². The molecule has 0 radical (unpaired) electrons. The molecule has 0 saturated carbocycles. The number of pyridine rings is 1. The number of hydrogen-bond acceptors (Lipinski definition) is 5. The van der Waals surface area contributed by atoms with Crippen LogP contribution in [0.25, 0.3) is 17.0 Å². The minimum atomic E-state index is 0.497. The quantitative estimate of drug-likeness (QED) is 0.728. The van der Waals surface area contributed by atoms with Crippen LogP contribution in [0.15, 0.2) is 35.1 Å². The van der Waals surface area contributed by atoms with E-state index in [1.165, 1.54) is 0 Å². The van der Waals surface area contributed by atoms with E-state index >= 15 is 0 Å². The fourth-order valence-corrected chi connectivity index (χ4v) is 1.69. The molecule has 17 heavy (non-hydrogen) atoms. The Kier molecular flexibility index (Phi) is 2.34. The van der Waals surface area contributed by atoms with E-state index in [0.717, 1.165) is 11.1 Å². The first-order valence-electron chi connectivity index (χ1n) is 5.28. The monoisotopic (exact) mass is 229 g/mol. The van der Waals surface area contributed by atoms with Crippen molar-refractivity contribution in [2.24, 2.45) is 0 Å². The molecule has 0 atom stereocenters. The van der Waals surface area contributed by atoms with E-state index in [0.29, 0.717) is 18.3 Å². The molecule has 0 bridgehead atoms. The molecule has 0 unspecified atom stereocenters. The summed E-state index contributed by atoms with van der Waals surface area (Å²) in [5.74, 6) is 1.13. The first-order valence-corrected chi connectivity index (χ1v) is 5.28. The maximum atomic E-state index is 5.22. The predicted molar refractivity (Wildman–Crippen MR) is 61.2 cm³/mol. The third-order valence-electron chi connectivity index (χ3n) is 2.46. The Morgan fingerprint density at radius 3 is 3.24 bits per heavy atom. The van der Waals surface area contributed by atoms with E-state index in [2.05, 4.69) is 20.6 Å². The third kappa shape index (κ3) is 1.68. The summed E-state index contributed by atoms with van der Waals surface area (Å²) >= 11 is 0. The summed E-state index contributed by atoms with van der Waals surface area (Å²) in [4.78, 5) is 4.30. The van der Waals surface area contributed by atoms with Crippen LogP contribution in [0.5, 0.6) is 0 Å². The maximum absolute atomic E-state index is 5.22. The van der Waals surface area contributed by atoms with Gasteiger partial charge in [0.1, 0.15) is 0 Å². The largest absolute Gasteiger partial charge is 0.334 e. The van der Waals surface area contributed by atoms with Gasteiger partial charge in [-0.25, -0.2) is 4.52 Å². The molecule has 0 aromatic carbocycles. The summed E-state index contributed by atoms with van der Waals surface area (Å²) in [6.45, 7) is 0.586. The Hall–Kier alpha value is -2.21. The lowest BCUT2D eigenvalue weighted by Gasteiger charge is -1.92. The zero-order valence-electron chi connectivity index (χ0n) is 9.29. The van der Waals surface area contributed by atoms with Crippen LogP contribution in [0.1, 0.15) is 5.82 Å². The third-order valence-corrected chi connectivity index (χ3v) is 2.46. The fraction of sp³-hybridized carbons (Fsp3) is 0.182. The Balaban J connectivity index is 2.07. The Morgan fingerprint density at radius 2 is 2.35 bits per heavy atom. The maximum Gasteiger partial charge on any atom is 0.261 e. The van der Waals surface area contributed by atoms with Crippen LogP contribution >= 0.6 is 0 Å². The van der Waals surface area contributed by atoms with Gasteiger partial charge in [-0.1, -0.05) is 11.2 Å². The number of hydrogen-bond donors (Lipinski definition) is 1. The van der Waals surface area contributed by atoms with Gasteiger partial charge in [-0.2, -0.15) is 10.1 Å². The summed E-state index contributed by atoms with van der Waals surface area (Å²) in [6.07, 6.45) is 3.61. The van der Waals surface area contributed by atoms with Gasteiger partial charge in [-0.05, 0) is 19.2 Å². The summed E-state index contributed by atoms with van der Waals surface area (Å²) in [7, 11) is 1.84. The van der Waals surface area contributed by atoms with Crippen molar-refractivity contribution < 1.29 is 4.52 Å². The minimum absolute atomic E-state index is 0.497. The molecule has 0 aliphatic carbocycles. The number of fused-ring (bicyclic) bond motifs is 1. The van der Waals surface area contributed by atoms with Crippen LogP contribution in [0, 0.1) is 0 Å². The van der Waals surface area contributed by atoms with Crippen molar-refractivity contribution in [3.8, 4) is 11.5 Å². The Labute approximate surface area is 97.3 Å². The van der Waals surface area contributed by atoms with E-state index < -0.39 is 0 Å². The van der Waals surface area contributed by atoms with Crippen molar-refractivity contribution in [3.63, 3.8) is 0 Å². The number of aromatic nitrogens is 4. The van der Waals surface area contributed by atoms with Gasteiger partial charge in [-0.3, -0.25) is 0 Å². The van der Waals surface area contributed by atoms with Gasteiger partial charge in [-0.15, -0.1) is 0 Å². The van der Waals surface area contributed by atoms with Crippen molar-refractivity contribution in [1.82, 2.24) is 25.1 Å². The highest BCUT2D eigenvalue weighted by Gasteiger charge is 2.13. The van der Waals surface area contributed by atoms with Crippen LogP contribution in [0.3, 0.4) is 0 Å². The zero-order chi connectivity index (χ0) is 11.7. The summed E-state index contributed by atoms with van der Waals surface area (Å²) in [6, 6.07) is 5.83. The minimum Gasteiger partial charge on any atom is -0.334 e. The molecule has 3 aromatic rings. The second-order valence-electron chi connectivity index (χ2n) is 3.63. The lowest BCUT2D eigenvalue weighted by molar-refractivity contribution is 0.421. The van der Waals surface area contributed by atoms with E-state index in [-0.39, 0.29) is 0 Å². The summed E-state index contributed by atoms with van der Waals surface area (Å²) < 4.78 is 6.99. The van der Waals surface area contributed by atoms with Crippen LogP contribution < -0.4 is 5.32 Å². The second-order valence-corrected chi connectivity index (χ2v) is 3.63. The molecular formula is C11H11N5O. The van der Waals surface area contributed by atoms with Crippen LogP contribution in [-0.4, -0.2) is 26.8 Å². The number of nitrogens with zero attached hydrogens (tertiary/aromatic N) is 4. The molecule has 1 N–H and O–H groups in total. The van der Waals surface area contributed by atoms with Crippen LogP contribution in [0.2, 0.25) is 0 Å². The lowest BCUT2D eigenvalue weighted by atomic mass is 10.2. The molecule has 6 nitrogen and oxygen atoms in total. The molecule has 0 spiro atoms. The zero-order valence-corrected chi connectivity index (χ0v) is 9.29. The fourth-order valence-electron chi connectivity index (χ4n) is 1.69. The highest BCUT2D eigenvalue weighted by atomic mass is 16.5. The first kappa shape index (κ1) is 9.98. The van der Waals surface area contributed by atoms with Gasteiger partial charge < -0.3 is 9.84 Å². The molecule has 0 amide bonds. The van der Waals surface area contributed by atoms with Crippen LogP contribution in [0.4, 0.5) is 0 Å². The molecule has 0 saturated heterocycles. The van der Waals surface area contributed by atoms with Crippen molar-refractivity contribution in [2.45, 2.75) is 6.54 Å².